The van der Waals surface area contributed by atoms with Crippen molar-refractivity contribution < 1.29 is 14.2 Å². The van der Waals surface area contributed by atoms with Gasteiger partial charge >= 0.3 is 0 Å². The molecule has 0 aliphatic carbocycles. The summed E-state index contributed by atoms with van der Waals surface area (Å²) in [7, 11) is 3.36. The second kappa shape index (κ2) is 11.5. The lowest BCUT2D eigenvalue weighted by atomic mass is 9.87. The number of hydrogen-bond acceptors (Lipinski definition) is 5. The molecule has 174 valence electrons. The second-order valence-electron chi connectivity index (χ2n) is 8.06. The third-order valence-corrected chi connectivity index (χ3v) is 6.17. The van der Waals surface area contributed by atoms with Crippen molar-refractivity contribution in [2.75, 3.05) is 47.1 Å². The van der Waals surface area contributed by atoms with Crippen molar-refractivity contribution in [2.24, 2.45) is 0 Å². The van der Waals surface area contributed by atoms with Crippen LogP contribution in [0.25, 0.3) is 11.3 Å². The third-order valence-electron chi connectivity index (χ3n) is 6.17. The van der Waals surface area contributed by atoms with Crippen LogP contribution in [0.4, 0.5) is 0 Å². The van der Waals surface area contributed by atoms with Crippen LogP contribution in [0.2, 0.25) is 0 Å². The highest BCUT2D eigenvalue weighted by atomic mass is 16.6. The van der Waals surface area contributed by atoms with Gasteiger partial charge in [-0.05, 0) is 54.2 Å². The van der Waals surface area contributed by atoms with Gasteiger partial charge in [-0.15, -0.1) is 0 Å². The zero-order valence-corrected chi connectivity index (χ0v) is 20.3. The van der Waals surface area contributed by atoms with Crippen molar-refractivity contribution in [3.8, 4) is 0 Å². The molecule has 1 unspecified atom stereocenters. The first kappa shape index (κ1) is 24.3. The van der Waals surface area contributed by atoms with Gasteiger partial charge in [-0.2, -0.15) is 0 Å². The van der Waals surface area contributed by atoms with E-state index < -0.39 is 0 Å². The molecule has 3 heterocycles. The van der Waals surface area contributed by atoms with Gasteiger partial charge in [0.15, 0.2) is 5.88 Å². The highest BCUT2D eigenvalue weighted by molar-refractivity contribution is 5.79. The van der Waals surface area contributed by atoms with Gasteiger partial charge in [-0.1, -0.05) is 44.7 Å². The molecule has 32 heavy (non-hydrogen) atoms. The molecule has 0 amide bonds. The van der Waals surface area contributed by atoms with Crippen molar-refractivity contribution in [1.82, 2.24) is 10.2 Å². The lowest BCUT2D eigenvalue weighted by Crippen LogP contribution is -2.34. The van der Waals surface area contributed by atoms with Crippen molar-refractivity contribution in [3.05, 3.63) is 70.6 Å². The quantitative estimate of drug-likeness (QED) is 0.664. The number of benzene rings is 1. The smallest absolute Gasteiger partial charge is 0.194 e. The molecule has 0 bridgehead atoms. The maximum atomic E-state index is 6.18. The molecule has 0 spiro atoms. The van der Waals surface area contributed by atoms with Crippen LogP contribution in [0.1, 0.15) is 43.9 Å². The number of rotatable bonds is 7. The number of allylic oxidation sites excluding steroid dienone is 3. The van der Waals surface area contributed by atoms with Crippen molar-refractivity contribution >= 4 is 11.3 Å². The largest absolute Gasteiger partial charge is 0.476 e. The summed E-state index contributed by atoms with van der Waals surface area (Å²) in [6.45, 7) is 14.3. The summed E-state index contributed by atoms with van der Waals surface area (Å²) in [5.41, 5.74) is 8.90. The first-order chi connectivity index (χ1) is 15.6. The molecule has 0 fully saturated rings. The van der Waals surface area contributed by atoms with E-state index in [0.29, 0.717) is 13.2 Å². The van der Waals surface area contributed by atoms with E-state index in [-0.39, 0.29) is 6.10 Å². The number of ether oxygens (including phenoxy) is 3. The first-order valence-corrected chi connectivity index (χ1v) is 11.7. The molecule has 1 aromatic carbocycles. The monoisotopic (exact) mass is 438 g/mol. The van der Waals surface area contributed by atoms with E-state index >= 15 is 0 Å². The Bertz CT molecular complexity index is 913. The average molecular weight is 439 g/mol. The standard InChI is InChI=1S/C25H32N2O3.C2H6/c1-17-13-24(30-16-22(29-4)15-28-3)27-12-9-21-14-20(19-7-10-26-11-8-19)5-6-23(21)25(27)18(17)2;1-2/h5-7,13-14,22,26H,1,8-12,15-16H2,2-4H3;1-2H3. The molecule has 4 rings (SSSR count). The van der Waals surface area contributed by atoms with Crippen LogP contribution in [0.15, 0.2) is 54.0 Å². The van der Waals surface area contributed by atoms with Crippen LogP contribution in [0.5, 0.6) is 0 Å². The molecule has 5 nitrogen and oxygen atoms in total. The lowest BCUT2D eigenvalue weighted by molar-refractivity contribution is -0.0237. The summed E-state index contributed by atoms with van der Waals surface area (Å²) in [6, 6.07) is 6.92. The highest BCUT2D eigenvalue weighted by Crippen LogP contribution is 2.40. The fourth-order valence-electron chi connectivity index (χ4n) is 4.39. The van der Waals surface area contributed by atoms with Crippen LogP contribution in [0.3, 0.4) is 0 Å². The van der Waals surface area contributed by atoms with E-state index in [2.05, 4.69) is 48.0 Å². The van der Waals surface area contributed by atoms with Crippen LogP contribution < -0.4 is 5.32 Å². The fraction of sp³-hybridized carbons (Fsp3) is 0.481. The zero-order valence-electron chi connectivity index (χ0n) is 20.3. The summed E-state index contributed by atoms with van der Waals surface area (Å²) in [5, 5.41) is 3.39. The minimum atomic E-state index is -0.0995. The Morgan fingerprint density at radius 3 is 2.66 bits per heavy atom. The molecular weight excluding hydrogens is 400 g/mol. The third kappa shape index (κ3) is 5.17. The summed E-state index contributed by atoms with van der Waals surface area (Å²) in [4.78, 5) is 2.29. The lowest BCUT2D eigenvalue weighted by Gasteiger charge is -2.39. The molecule has 3 aliphatic rings. The number of fused-ring (bicyclic) bond motifs is 3. The van der Waals surface area contributed by atoms with Crippen molar-refractivity contribution in [3.63, 3.8) is 0 Å². The van der Waals surface area contributed by atoms with Gasteiger partial charge < -0.3 is 24.4 Å². The maximum absolute atomic E-state index is 6.18. The fourth-order valence-corrected chi connectivity index (χ4v) is 4.39. The van der Waals surface area contributed by atoms with E-state index in [9.17, 15) is 0 Å². The normalized spacial score (nSPS) is 18.7. The molecule has 1 aromatic rings. The summed E-state index contributed by atoms with van der Waals surface area (Å²) >= 11 is 0. The summed E-state index contributed by atoms with van der Waals surface area (Å²) in [5.74, 6) is 0.842. The molecule has 5 heteroatoms. The van der Waals surface area contributed by atoms with Gasteiger partial charge in [0.05, 0.1) is 12.3 Å². The molecule has 1 atom stereocenters. The van der Waals surface area contributed by atoms with Gasteiger partial charge in [0.25, 0.3) is 0 Å². The Balaban J connectivity index is 0.00000141. The number of hydrogen-bond donors (Lipinski definition) is 1. The molecule has 0 aromatic heterocycles. The molecule has 1 N–H and O–H groups in total. The summed E-state index contributed by atoms with van der Waals surface area (Å²) in [6.07, 6.45) is 6.33. The van der Waals surface area contributed by atoms with Gasteiger partial charge in [0.2, 0.25) is 0 Å². The van der Waals surface area contributed by atoms with Gasteiger partial charge in [-0.25, -0.2) is 0 Å². The van der Waals surface area contributed by atoms with Crippen molar-refractivity contribution in [1.29, 1.82) is 0 Å². The minimum absolute atomic E-state index is 0.0995. The molecule has 0 radical (unpaired) electrons. The van der Waals surface area contributed by atoms with Gasteiger partial charge in [0, 0.05) is 38.9 Å². The van der Waals surface area contributed by atoms with Crippen molar-refractivity contribution in [2.45, 2.75) is 39.7 Å². The van der Waals surface area contributed by atoms with E-state index in [1.165, 1.54) is 33.5 Å². The average Bonchev–Trinajstić information content (AvgIpc) is 2.85. The topological polar surface area (TPSA) is 43.0 Å². The molecule has 0 saturated heterocycles. The van der Waals surface area contributed by atoms with E-state index in [4.69, 9.17) is 14.2 Å². The van der Waals surface area contributed by atoms with Gasteiger partial charge in [0.1, 0.15) is 12.7 Å². The SMILES string of the molecule is C=C1C=C(OCC(COC)OC)N2CCc3cc(C4=CCNCC4)ccc3C2=C1C.CC. The Morgan fingerprint density at radius 2 is 1.97 bits per heavy atom. The Labute approximate surface area is 193 Å². The van der Waals surface area contributed by atoms with Crippen LogP contribution in [-0.2, 0) is 20.6 Å². The predicted octanol–water partition coefficient (Wildman–Crippen LogP) is 4.77. The molecule has 0 saturated carbocycles. The number of nitrogens with one attached hydrogen (secondary N) is 1. The maximum Gasteiger partial charge on any atom is 0.194 e. The van der Waals surface area contributed by atoms with Crippen LogP contribution >= 0.6 is 0 Å². The predicted molar refractivity (Wildman–Crippen MR) is 132 cm³/mol. The van der Waals surface area contributed by atoms with E-state index in [1.807, 2.05) is 19.9 Å². The molecule has 3 aliphatic heterocycles. The Morgan fingerprint density at radius 1 is 1.16 bits per heavy atom. The van der Waals surface area contributed by atoms with Gasteiger partial charge in [-0.3, -0.25) is 0 Å². The van der Waals surface area contributed by atoms with Crippen LogP contribution in [-0.4, -0.2) is 58.1 Å². The molecular formula is C27H38N2O3. The summed E-state index contributed by atoms with van der Waals surface area (Å²) < 4.78 is 16.8. The highest BCUT2D eigenvalue weighted by Gasteiger charge is 2.30. The second-order valence-corrected chi connectivity index (χ2v) is 8.06. The first-order valence-electron chi connectivity index (χ1n) is 11.7. The Hall–Kier alpha value is -2.34. The zero-order chi connectivity index (χ0) is 23.1. The van der Waals surface area contributed by atoms with Crippen LogP contribution in [0, 0.1) is 0 Å². The van der Waals surface area contributed by atoms with E-state index in [0.717, 1.165) is 43.9 Å². The number of methoxy groups -OCH3 is 2. The minimum Gasteiger partial charge on any atom is -0.476 e. The number of nitrogens with zero attached hydrogens (tertiary/aromatic N) is 1. The Kier molecular flexibility index (Phi) is 8.74. The van der Waals surface area contributed by atoms with E-state index in [1.54, 1.807) is 14.2 Å².